The number of nitrogens with one attached hydrogen (secondary N) is 2. The van der Waals surface area contributed by atoms with Gasteiger partial charge in [-0.2, -0.15) is 0 Å². The van der Waals surface area contributed by atoms with Gasteiger partial charge in [-0.3, -0.25) is 14.4 Å². The standard InChI is InChI=1S/C16H20N2O5/c19-14(17-10-15(20)21)9-11-4-6-12(7-5-11)18-16(22)13-3-1-2-8-23-13/h4-7,13H,1-3,8-10H2,(H,17,19)(H,18,22)(H,20,21). The highest BCUT2D eigenvalue weighted by molar-refractivity contribution is 5.94. The molecule has 1 aromatic carbocycles. The number of carbonyl (C=O) groups is 3. The minimum Gasteiger partial charge on any atom is -0.480 e. The highest BCUT2D eigenvalue weighted by Crippen LogP contribution is 2.16. The van der Waals surface area contributed by atoms with E-state index in [-0.39, 0.29) is 18.2 Å². The van der Waals surface area contributed by atoms with Gasteiger partial charge < -0.3 is 20.5 Å². The fourth-order valence-electron chi connectivity index (χ4n) is 2.30. The third-order valence-electron chi connectivity index (χ3n) is 3.50. The lowest BCUT2D eigenvalue weighted by Gasteiger charge is -2.21. The smallest absolute Gasteiger partial charge is 0.322 e. The molecule has 1 aromatic rings. The topological polar surface area (TPSA) is 105 Å². The number of hydrogen-bond donors (Lipinski definition) is 3. The summed E-state index contributed by atoms with van der Waals surface area (Å²) in [7, 11) is 0. The lowest BCUT2D eigenvalue weighted by Crippen LogP contribution is -2.33. The number of carbonyl (C=O) groups excluding carboxylic acids is 2. The van der Waals surface area contributed by atoms with Crippen LogP contribution in [0.2, 0.25) is 0 Å². The molecule has 0 radical (unpaired) electrons. The molecule has 1 atom stereocenters. The predicted molar refractivity (Wildman–Crippen MR) is 83.0 cm³/mol. The van der Waals surface area contributed by atoms with Crippen molar-refractivity contribution in [2.75, 3.05) is 18.5 Å². The summed E-state index contributed by atoms with van der Waals surface area (Å²) in [6, 6.07) is 6.86. The molecule has 23 heavy (non-hydrogen) atoms. The molecule has 0 saturated carbocycles. The normalized spacial score (nSPS) is 17.3. The molecule has 0 aromatic heterocycles. The second kappa shape index (κ2) is 8.28. The van der Waals surface area contributed by atoms with Crippen molar-refractivity contribution < 1.29 is 24.2 Å². The molecular weight excluding hydrogens is 300 g/mol. The van der Waals surface area contributed by atoms with Crippen molar-refractivity contribution in [1.29, 1.82) is 0 Å². The van der Waals surface area contributed by atoms with E-state index in [0.29, 0.717) is 12.3 Å². The summed E-state index contributed by atoms with van der Waals surface area (Å²) in [5.41, 5.74) is 1.37. The number of aliphatic carboxylic acids is 1. The minimum absolute atomic E-state index is 0.0905. The Kier molecular flexibility index (Phi) is 6.10. The number of carboxylic acid groups (broad SMARTS) is 1. The Balaban J connectivity index is 1.82. The van der Waals surface area contributed by atoms with Crippen LogP contribution in [-0.2, 0) is 25.5 Å². The monoisotopic (exact) mass is 320 g/mol. The van der Waals surface area contributed by atoms with Crippen molar-refractivity contribution in [2.24, 2.45) is 0 Å². The van der Waals surface area contributed by atoms with Crippen LogP contribution in [0.3, 0.4) is 0 Å². The molecule has 1 fully saturated rings. The van der Waals surface area contributed by atoms with Crippen molar-refractivity contribution in [1.82, 2.24) is 5.32 Å². The van der Waals surface area contributed by atoms with Gasteiger partial charge in [0, 0.05) is 12.3 Å². The van der Waals surface area contributed by atoms with Crippen LogP contribution in [-0.4, -0.2) is 42.1 Å². The van der Waals surface area contributed by atoms with E-state index in [1.165, 1.54) is 0 Å². The van der Waals surface area contributed by atoms with E-state index < -0.39 is 18.6 Å². The molecule has 7 nitrogen and oxygen atoms in total. The van der Waals surface area contributed by atoms with Crippen LogP contribution in [0.25, 0.3) is 0 Å². The SMILES string of the molecule is O=C(O)CNC(=O)Cc1ccc(NC(=O)C2CCCCO2)cc1. The van der Waals surface area contributed by atoms with Crippen LogP contribution in [0.1, 0.15) is 24.8 Å². The maximum Gasteiger partial charge on any atom is 0.322 e. The van der Waals surface area contributed by atoms with Crippen LogP contribution in [0.4, 0.5) is 5.69 Å². The molecule has 1 heterocycles. The lowest BCUT2D eigenvalue weighted by molar-refractivity contribution is -0.137. The van der Waals surface area contributed by atoms with Gasteiger partial charge in [-0.15, -0.1) is 0 Å². The fourth-order valence-corrected chi connectivity index (χ4v) is 2.30. The van der Waals surface area contributed by atoms with Gasteiger partial charge in [0.05, 0.1) is 6.42 Å². The van der Waals surface area contributed by atoms with Crippen LogP contribution in [0.15, 0.2) is 24.3 Å². The first-order valence-electron chi connectivity index (χ1n) is 7.54. The van der Waals surface area contributed by atoms with E-state index in [1.807, 2.05) is 0 Å². The lowest BCUT2D eigenvalue weighted by atomic mass is 10.1. The number of ether oxygens (including phenoxy) is 1. The van der Waals surface area contributed by atoms with E-state index in [0.717, 1.165) is 24.8 Å². The minimum atomic E-state index is -1.08. The first-order valence-corrected chi connectivity index (χ1v) is 7.54. The Morgan fingerprint density at radius 3 is 2.52 bits per heavy atom. The third-order valence-corrected chi connectivity index (χ3v) is 3.50. The summed E-state index contributed by atoms with van der Waals surface area (Å²) in [5, 5.41) is 13.6. The molecule has 3 N–H and O–H groups in total. The number of hydrogen-bond acceptors (Lipinski definition) is 4. The van der Waals surface area contributed by atoms with Crippen LogP contribution in [0, 0.1) is 0 Å². The second-order valence-electron chi connectivity index (χ2n) is 5.39. The Hall–Kier alpha value is -2.41. The van der Waals surface area contributed by atoms with Gasteiger partial charge in [-0.25, -0.2) is 0 Å². The molecule has 0 bridgehead atoms. The highest BCUT2D eigenvalue weighted by atomic mass is 16.5. The Bertz CT molecular complexity index is 564. The zero-order chi connectivity index (χ0) is 16.7. The average molecular weight is 320 g/mol. The summed E-state index contributed by atoms with van der Waals surface area (Å²) in [6.45, 7) is 0.219. The largest absolute Gasteiger partial charge is 0.480 e. The maximum atomic E-state index is 12.0. The molecule has 124 valence electrons. The predicted octanol–water partition coefficient (Wildman–Crippen LogP) is 0.937. The number of anilines is 1. The molecule has 1 saturated heterocycles. The third kappa shape index (κ3) is 5.71. The number of rotatable bonds is 6. The average Bonchev–Trinajstić information content (AvgIpc) is 2.55. The number of carboxylic acids is 1. The number of benzene rings is 1. The zero-order valence-electron chi connectivity index (χ0n) is 12.7. The van der Waals surface area contributed by atoms with Crippen molar-refractivity contribution in [3.63, 3.8) is 0 Å². The first-order chi connectivity index (χ1) is 11.0. The van der Waals surface area contributed by atoms with Gasteiger partial charge in [0.2, 0.25) is 5.91 Å². The summed E-state index contributed by atoms with van der Waals surface area (Å²) < 4.78 is 5.42. The molecule has 1 unspecified atom stereocenters. The second-order valence-corrected chi connectivity index (χ2v) is 5.39. The molecule has 0 aliphatic carbocycles. The van der Waals surface area contributed by atoms with E-state index in [1.54, 1.807) is 24.3 Å². The van der Waals surface area contributed by atoms with Gasteiger partial charge in [-0.05, 0) is 37.0 Å². The molecule has 0 spiro atoms. The van der Waals surface area contributed by atoms with Crippen molar-refractivity contribution in [3.05, 3.63) is 29.8 Å². The quantitative estimate of drug-likeness (QED) is 0.723. The van der Waals surface area contributed by atoms with E-state index in [4.69, 9.17) is 9.84 Å². The molecule has 7 heteroatoms. The Morgan fingerprint density at radius 1 is 1.17 bits per heavy atom. The zero-order valence-corrected chi connectivity index (χ0v) is 12.7. The Labute approximate surface area is 134 Å². The van der Waals surface area contributed by atoms with Crippen molar-refractivity contribution in [3.8, 4) is 0 Å². The van der Waals surface area contributed by atoms with Crippen LogP contribution >= 0.6 is 0 Å². The van der Waals surface area contributed by atoms with Crippen molar-refractivity contribution in [2.45, 2.75) is 31.8 Å². The molecule has 1 aliphatic heterocycles. The van der Waals surface area contributed by atoms with Gasteiger partial charge in [-0.1, -0.05) is 12.1 Å². The van der Waals surface area contributed by atoms with Gasteiger partial charge >= 0.3 is 5.97 Å². The molecule has 1 aliphatic rings. The maximum absolute atomic E-state index is 12.0. The van der Waals surface area contributed by atoms with Crippen LogP contribution < -0.4 is 10.6 Å². The van der Waals surface area contributed by atoms with Gasteiger partial charge in [0.25, 0.3) is 5.91 Å². The van der Waals surface area contributed by atoms with Crippen molar-refractivity contribution >= 4 is 23.5 Å². The van der Waals surface area contributed by atoms with Gasteiger partial charge in [0.15, 0.2) is 0 Å². The summed E-state index contributed by atoms with van der Waals surface area (Å²) in [6.07, 6.45) is 2.40. The fraction of sp³-hybridized carbons (Fsp3) is 0.438. The first kappa shape index (κ1) is 17.0. The Morgan fingerprint density at radius 2 is 1.91 bits per heavy atom. The summed E-state index contributed by atoms with van der Waals surface area (Å²) in [4.78, 5) is 33.9. The molecule has 2 rings (SSSR count). The van der Waals surface area contributed by atoms with Crippen LogP contribution in [0.5, 0.6) is 0 Å². The van der Waals surface area contributed by atoms with E-state index in [9.17, 15) is 14.4 Å². The molecule has 2 amide bonds. The number of amides is 2. The van der Waals surface area contributed by atoms with E-state index >= 15 is 0 Å². The molecular formula is C16H20N2O5. The van der Waals surface area contributed by atoms with Gasteiger partial charge in [0.1, 0.15) is 12.6 Å². The summed E-state index contributed by atoms with van der Waals surface area (Å²) in [5.74, 6) is -1.60. The van der Waals surface area contributed by atoms with E-state index in [2.05, 4.69) is 10.6 Å². The highest BCUT2D eigenvalue weighted by Gasteiger charge is 2.21. The summed E-state index contributed by atoms with van der Waals surface area (Å²) >= 11 is 0.